The van der Waals surface area contributed by atoms with E-state index in [0.717, 1.165) is 36.8 Å². The number of aryl methyl sites for hydroxylation is 1. The molecule has 184 valence electrons. The maximum atomic E-state index is 13.1. The summed E-state index contributed by atoms with van der Waals surface area (Å²) < 4.78 is 5.43. The summed E-state index contributed by atoms with van der Waals surface area (Å²) in [4.78, 5) is 44.6. The summed E-state index contributed by atoms with van der Waals surface area (Å²) in [5, 5.41) is 2.98. The number of carbonyl (C=O) groups is 3. The third kappa shape index (κ3) is 5.12. The third-order valence-electron chi connectivity index (χ3n) is 7.21. The van der Waals surface area contributed by atoms with Crippen LogP contribution < -0.4 is 5.32 Å². The van der Waals surface area contributed by atoms with Crippen LogP contribution in [0.15, 0.2) is 35.5 Å². The topological polar surface area (TPSA) is 82.2 Å². The summed E-state index contributed by atoms with van der Waals surface area (Å²) in [7, 11) is 1.69. The van der Waals surface area contributed by atoms with Crippen LogP contribution in [0.3, 0.4) is 0 Å². The molecular weight excluding hydrogens is 432 g/mol. The lowest BCUT2D eigenvalue weighted by Gasteiger charge is -2.40. The summed E-state index contributed by atoms with van der Waals surface area (Å²) in [6.45, 7) is 7.25. The second-order valence-electron chi connectivity index (χ2n) is 9.52. The molecule has 2 fully saturated rings. The zero-order chi connectivity index (χ0) is 24.2. The van der Waals surface area contributed by atoms with Crippen molar-refractivity contribution in [1.82, 2.24) is 20.0 Å². The molecule has 1 aromatic carbocycles. The summed E-state index contributed by atoms with van der Waals surface area (Å²) in [6.07, 6.45) is 4.32. The maximum Gasteiger partial charge on any atom is 0.338 e. The molecule has 8 nitrogen and oxygen atoms in total. The van der Waals surface area contributed by atoms with Gasteiger partial charge in [-0.15, -0.1) is 0 Å². The molecule has 0 spiro atoms. The van der Waals surface area contributed by atoms with Crippen molar-refractivity contribution < 1.29 is 19.1 Å². The number of ether oxygens (including phenoxy) is 1. The molecule has 1 aliphatic carbocycles. The predicted molar refractivity (Wildman–Crippen MR) is 129 cm³/mol. The minimum absolute atomic E-state index is 0.188. The van der Waals surface area contributed by atoms with Crippen LogP contribution in [-0.2, 0) is 14.3 Å². The summed E-state index contributed by atoms with van der Waals surface area (Å²) >= 11 is 0. The van der Waals surface area contributed by atoms with Crippen molar-refractivity contribution in [2.24, 2.45) is 5.92 Å². The number of urea groups is 1. The van der Waals surface area contributed by atoms with Gasteiger partial charge >= 0.3 is 12.0 Å². The Morgan fingerprint density at radius 2 is 1.82 bits per heavy atom. The van der Waals surface area contributed by atoms with Crippen molar-refractivity contribution in [3.05, 3.63) is 46.7 Å². The van der Waals surface area contributed by atoms with Gasteiger partial charge in [-0.1, -0.05) is 42.7 Å². The molecule has 3 aliphatic rings. The highest BCUT2D eigenvalue weighted by atomic mass is 16.5. The Bertz CT molecular complexity index is 961. The fourth-order valence-electron chi connectivity index (χ4n) is 5.27. The third-order valence-corrected chi connectivity index (χ3v) is 7.21. The van der Waals surface area contributed by atoms with Gasteiger partial charge in [0.1, 0.15) is 0 Å². The molecule has 1 saturated heterocycles. The maximum absolute atomic E-state index is 13.1. The molecule has 1 atom stereocenters. The Hall–Kier alpha value is -2.87. The van der Waals surface area contributed by atoms with Gasteiger partial charge in [0.15, 0.2) is 0 Å². The van der Waals surface area contributed by atoms with Gasteiger partial charge in [-0.25, -0.2) is 9.59 Å². The number of likely N-dealkylation sites (N-methyl/N-ethyl adjacent to an activating group) is 1. The fourth-order valence-corrected chi connectivity index (χ4v) is 5.27. The minimum Gasteiger partial charge on any atom is -0.463 e. The number of benzene rings is 1. The summed E-state index contributed by atoms with van der Waals surface area (Å²) in [5.41, 5.74) is 3.04. The molecule has 1 unspecified atom stereocenters. The van der Waals surface area contributed by atoms with E-state index in [1.165, 1.54) is 4.90 Å². The molecule has 34 heavy (non-hydrogen) atoms. The molecule has 1 N–H and O–H groups in total. The molecule has 8 heteroatoms. The molecule has 2 heterocycles. The Labute approximate surface area is 201 Å². The van der Waals surface area contributed by atoms with E-state index in [-0.39, 0.29) is 24.5 Å². The first-order chi connectivity index (χ1) is 16.4. The van der Waals surface area contributed by atoms with Crippen molar-refractivity contribution in [2.75, 3.05) is 46.4 Å². The van der Waals surface area contributed by atoms with Crippen LogP contribution in [0.4, 0.5) is 4.79 Å². The van der Waals surface area contributed by atoms with Crippen molar-refractivity contribution in [3.8, 4) is 0 Å². The fraction of sp³-hybridized carbons (Fsp3) is 0.577. The predicted octanol–water partition coefficient (Wildman–Crippen LogP) is 2.84. The number of hydrogen-bond acceptors (Lipinski definition) is 5. The Kier molecular flexibility index (Phi) is 7.56. The number of rotatable bonds is 6. The van der Waals surface area contributed by atoms with Crippen LogP contribution in [-0.4, -0.2) is 79.0 Å². The van der Waals surface area contributed by atoms with Crippen molar-refractivity contribution in [3.63, 3.8) is 0 Å². The van der Waals surface area contributed by atoms with Crippen molar-refractivity contribution >= 4 is 17.9 Å². The molecular formula is C26H36N4O4. The zero-order valence-corrected chi connectivity index (χ0v) is 20.5. The van der Waals surface area contributed by atoms with E-state index in [0.29, 0.717) is 44.0 Å². The quantitative estimate of drug-likeness (QED) is 0.650. The second kappa shape index (κ2) is 10.6. The van der Waals surface area contributed by atoms with Crippen molar-refractivity contribution in [2.45, 2.75) is 45.6 Å². The van der Waals surface area contributed by atoms with Crippen LogP contribution in [0, 0.1) is 12.8 Å². The largest absolute Gasteiger partial charge is 0.463 e. The Morgan fingerprint density at radius 3 is 2.47 bits per heavy atom. The second-order valence-corrected chi connectivity index (χ2v) is 9.52. The number of piperazine rings is 1. The van der Waals surface area contributed by atoms with E-state index in [1.54, 1.807) is 14.0 Å². The van der Waals surface area contributed by atoms with Crippen LogP contribution >= 0.6 is 0 Å². The van der Waals surface area contributed by atoms with Gasteiger partial charge in [-0.2, -0.15) is 0 Å². The number of nitrogens with zero attached hydrogens (tertiary/aromatic N) is 3. The lowest BCUT2D eigenvalue weighted by Crippen LogP contribution is -2.53. The standard InChI is InChI=1S/C26H36N4O4/c1-4-34-25(32)22-21(28(3)26(33)27-23(22)20-11-7-8-18(2)16-20)17-29-12-14-30(15-13-29)24(31)19-9-5-6-10-19/h7-8,11,16,19,23H,4-6,9-10,12-15,17H2,1-3H3,(H,27,33). The number of carbonyl (C=O) groups excluding carboxylic acids is 3. The van der Waals surface area contributed by atoms with E-state index in [9.17, 15) is 14.4 Å². The van der Waals surface area contributed by atoms with E-state index in [2.05, 4.69) is 10.2 Å². The van der Waals surface area contributed by atoms with Crippen LogP contribution in [0.5, 0.6) is 0 Å². The normalized spacial score (nSPS) is 22.2. The summed E-state index contributed by atoms with van der Waals surface area (Å²) in [5.74, 6) is 0.0658. The van der Waals surface area contributed by atoms with Crippen LogP contribution in [0.1, 0.15) is 49.8 Å². The average molecular weight is 469 g/mol. The van der Waals surface area contributed by atoms with Gasteiger partial charge in [-0.05, 0) is 32.3 Å². The van der Waals surface area contributed by atoms with Gasteiger partial charge in [0.2, 0.25) is 5.91 Å². The smallest absolute Gasteiger partial charge is 0.338 e. The number of amides is 3. The molecule has 0 radical (unpaired) electrons. The van der Waals surface area contributed by atoms with Gasteiger partial charge < -0.3 is 15.0 Å². The van der Waals surface area contributed by atoms with E-state index < -0.39 is 12.0 Å². The summed E-state index contributed by atoms with van der Waals surface area (Å²) in [6, 6.07) is 7.01. The average Bonchev–Trinajstić information content (AvgIpc) is 3.37. The first-order valence-electron chi connectivity index (χ1n) is 12.4. The molecule has 3 amide bonds. The highest BCUT2D eigenvalue weighted by Crippen LogP contribution is 2.32. The minimum atomic E-state index is -0.567. The van der Waals surface area contributed by atoms with E-state index in [1.807, 2.05) is 36.1 Å². The van der Waals surface area contributed by atoms with E-state index >= 15 is 0 Å². The number of hydrogen-bond donors (Lipinski definition) is 1. The molecule has 2 aliphatic heterocycles. The Morgan fingerprint density at radius 1 is 1.12 bits per heavy atom. The molecule has 0 aromatic heterocycles. The van der Waals surface area contributed by atoms with Gasteiger partial charge in [0, 0.05) is 51.4 Å². The van der Waals surface area contributed by atoms with E-state index in [4.69, 9.17) is 4.74 Å². The first-order valence-corrected chi connectivity index (χ1v) is 12.4. The number of esters is 1. The highest BCUT2D eigenvalue weighted by Gasteiger charge is 2.38. The van der Waals surface area contributed by atoms with Crippen molar-refractivity contribution in [1.29, 1.82) is 0 Å². The zero-order valence-electron chi connectivity index (χ0n) is 20.5. The lowest BCUT2D eigenvalue weighted by atomic mass is 9.93. The SMILES string of the molecule is CCOC(=O)C1=C(CN2CCN(C(=O)C3CCCC3)CC2)N(C)C(=O)NC1c1cccc(C)c1. The van der Waals surface area contributed by atoms with Crippen LogP contribution in [0.25, 0.3) is 0 Å². The van der Waals surface area contributed by atoms with Gasteiger partial charge in [0.05, 0.1) is 18.2 Å². The molecule has 0 bridgehead atoms. The molecule has 1 aromatic rings. The van der Waals surface area contributed by atoms with Gasteiger partial charge in [-0.3, -0.25) is 14.6 Å². The van der Waals surface area contributed by atoms with Gasteiger partial charge in [0.25, 0.3) is 0 Å². The molecule has 1 saturated carbocycles. The highest BCUT2D eigenvalue weighted by molar-refractivity contribution is 5.95. The monoisotopic (exact) mass is 468 g/mol. The van der Waals surface area contributed by atoms with Crippen LogP contribution in [0.2, 0.25) is 0 Å². The first kappa shape index (κ1) is 24.3. The molecule has 4 rings (SSSR count). The number of nitrogens with one attached hydrogen (secondary N) is 1. The lowest BCUT2D eigenvalue weighted by molar-refractivity contribution is -0.139. The Balaban J connectivity index is 1.56.